The van der Waals surface area contributed by atoms with Crippen molar-refractivity contribution >= 4 is 11.8 Å². The third-order valence-corrected chi connectivity index (χ3v) is 8.98. The maximum Gasteiger partial charge on any atom is 0.261 e. The van der Waals surface area contributed by atoms with Gasteiger partial charge in [0.15, 0.2) is 12.1 Å². The number of likely N-dealkylation sites (tertiary alicyclic amines) is 1. The fourth-order valence-corrected chi connectivity index (χ4v) is 6.53. The number of carbonyl (C=O) groups is 2. The molecule has 3 aromatic rings. The third kappa shape index (κ3) is 5.76. The zero-order valence-electron chi connectivity index (χ0n) is 24.0. The number of ether oxygens (including phenoxy) is 4. The Kier molecular flexibility index (Phi) is 7.85. The fraction of sp³-hybridized carbons (Fsp3) is 0.412. The number of benzene rings is 3. The van der Waals surface area contributed by atoms with E-state index in [1.807, 2.05) is 48.5 Å². The van der Waals surface area contributed by atoms with Gasteiger partial charge in [-0.2, -0.15) is 0 Å². The number of carbonyl (C=O) groups excluding carboxylic acids is 2. The summed E-state index contributed by atoms with van der Waals surface area (Å²) < 4.78 is 24.9. The molecule has 0 saturated carbocycles. The predicted molar refractivity (Wildman–Crippen MR) is 156 cm³/mol. The lowest BCUT2D eigenvalue weighted by Gasteiger charge is -2.41. The van der Waals surface area contributed by atoms with Crippen molar-refractivity contribution in [3.8, 4) is 0 Å². The van der Waals surface area contributed by atoms with Gasteiger partial charge in [0.25, 0.3) is 11.8 Å². The van der Waals surface area contributed by atoms with Crippen molar-refractivity contribution < 1.29 is 33.6 Å². The number of imide groups is 1. The van der Waals surface area contributed by atoms with Gasteiger partial charge in [-0.05, 0) is 28.8 Å². The molecule has 1 N–H and O–H groups in total. The first-order valence-electron chi connectivity index (χ1n) is 15.1. The van der Waals surface area contributed by atoms with Crippen molar-refractivity contribution in [2.24, 2.45) is 0 Å². The Bertz CT molecular complexity index is 1420. The molecule has 9 nitrogen and oxygen atoms in total. The van der Waals surface area contributed by atoms with Crippen LogP contribution >= 0.6 is 0 Å². The summed E-state index contributed by atoms with van der Waals surface area (Å²) in [5.41, 5.74) is 4.52. The van der Waals surface area contributed by atoms with E-state index in [0.29, 0.717) is 30.8 Å². The van der Waals surface area contributed by atoms with Gasteiger partial charge in [0.1, 0.15) is 0 Å². The molecule has 3 aromatic carbocycles. The first-order valence-corrected chi connectivity index (χ1v) is 15.1. The van der Waals surface area contributed by atoms with Gasteiger partial charge in [-0.15, -0.1) is 0 Å². The Hall–Kier alpha value is -3.44. The highest BCUT2D eigenvalue weighted by Gasteiger charge is 2.41. The Morgan fingerprint density at radius 2 is 1.37 bits per heavy atom. The van der Waals surface area contributed by atoms with Crippen molar-refractivity contribution in [3.63, 3.8) is 0 Å². The summed E-state index contributed by atoms with van der Waals surface area (Å²) in [6.45, 7) is 4.07. The van der Waals surface area contributed by atoms with E-state index in [-0.39, 0.29) is 37.2 Å². The van der Waals surface area contributed by atoms with Crippen LogP contribution in [0.2, 0.25) is 0 Å². The molecule has 0 aliphatic carbocycles. The lowest BCUT2D eigenvalue weighted by atomic mass is 9.98. The summed E-state index contributed by atoms with van der Waals surface area (Å²) in [7, 11) is 0. The lowest BCUT2D eigenvalue weighted by molar-refractivity contribution is -0.255. The normalized spacial score (nSPS) is 25.4. The van der Waals surface area contributed by atoms with Gasteiger partial charge in [-0.25, -0.2) is 0 Å². The van der Waals surface area contributed by atoms with Crippen LogP contribution in [0.15, 0.2) is 72.8 Å². The highest BCUT2D eigenvalue weighted by atomic mass is 16.7. The quantitative estimate of drug-likeness (QED) is 0.410. The van der Waals surface area contributed by atoms with Crippen LogP contribution in [0.4, 0.5) is 0 Å². The van der Waals surface area contributed by atoms with Crippen LogP contribution in [0, 0.1) is 0 Å². The molecular weight excluding hydrogens is 548 g/mol. The summed E-state index contributed by atoms with van der Waals surface area (Å²) in [6.07, 6.45) is 1.60. The highest BCUT2D eigenvalue weighted by molar-refractivity contribution is 6.21. The van der Waals surface area contributed by atoms with Gasteiger partial charge in [0.05, 0.1) is 49.7 Å². The molecule has 4 heterocycles. The molecule has 0 aromatic heterocycles. The molecule has 1 spiro atoms. The predicted octanol–water partition coefficient (Wildman–Crippen LogP) is 4.36. The first-order chi connectivity index (χ1) is 21.0. The number of aliphatic hydroxyl groups is 1. The second-order valence-electron chi connectivity index (χ2n) is 11.7. The van der Waals surface area contributed by atoms with E-state index in [0.717, 1.165) is 54.7 Å². The van der Waals surface area contributed by atoms with Crippen LogP contribution in [0.1, 0.15) is 74.6 Å². The van der Waals surface area contributed by atoms with E-state index in [1.54, 1.807) is 24.3 Å². The van der Waals surface area contributed by atoms with Crippen molar-refractivity contribution in [2.45, 2.75) is 56.7 Å². The number of hydrogen-bond donors (Lipinski definition) is 1. The standard InChI is InChI=1S/C34H36N2O7/c37-22-24-7-9-25(10-8-24)30-19-27(21-35-15-13-34(14-16-35)40-17-18-41-34)42-33(43-30)26-11-5-23(6-12-26)20-36-31(38)28-3-1-2-4-29(28)32(36)39/h1-12,27,30,33,37H,13-22H2. The second-order valence-corrected chi connectivity index (χ2v) is 11.7. The molecule has 9 heteroatoms. The molecule has 3 fully saturated rings. The van der Waals surface area contributed by atoms with Crippen molar-refractivity contribution in [3.05, 3.63) is 106 Å². The van der Waals surface area contributed by atoms with Crippen LogP contribution in [-0.4, -0.2) is 71.5 Å². The number of aliphatic hydroxyl groups excluding tert-OH is 1. The van der Waals surface area contributed by atoms with Gasteiger partial charge < -0.3 is 29.0 Å². The second kappa shape index (κ2) is 11.9. The van der Waals surface area contributed by atoms with Gasteiger partial charge in [-0.3, -0.25) is 14.5 Å². The number of rotatable bonds is 7. The SMILES string of the molecule is O=C1c2ccccc2C(=O)N1Cc1ccc(C2OC(CN3CCC4(CC3)OCCO4)CC(c3ccc(CO)cc3)O2)cc1. The summed E-state index contributed by atoms with van der Waals surface area (Å²) >= 11 is 0. The minimum atomic E-state index is -0.577. The van der Waals surface area contributed by atoms with E-state index in [1.165, 1.54) is 4.90 Å². The summed E-state index contributed by atoms with van der Waals surface area (Å²) in [5.74, 6) is -0.950. The Labute approximate surface area is 250 Å². The smallest absolute Gasteiger partial charge is 0.261 e. The summed E-state index contributed by atoms with van der Waals surface area (Å²) in [5, 5.41) is 9.50. The van der Waals surface area contributed by atoms with Crippen LogP contribution < -0.4 is 0 Å². The number of fused-ring (bicyclic) bond motifs is 1. The minimum absolute atomic E-state index is 0.00287. The minimum Gasteiger partial charge on any atom is -0.392 e. The summed E-state index contributed by atoms with van der Waals surface area (Å²) in [6, 6.07) is 22.6. The zero-order chi connectivity index (χ0) is 29.4. The van der Waals surface area contributed by atoms with Crippen LogP contribution in [0.3, 0.4) is 0 Å². The fourth-order valence-electron chi connectivity index (χ4n) is 6.53. The average molecular weight is 585 g/mol. The highest BCUT2D eigenvalue weighted by Crippen LogP contribution is 2.39. The molecule has 0 bridgehead atoms. The zero-order valence-corrected chi connectivity index (χ0v) is 24.0. The topological polar surface area (TPSA) is 97.8 Å². The van der Waals surface area contributed by atoms with Gasteiger partial charge >= 0.3 is 0 Å². The molecule has 3 unspecified atom stereocenters. The lowest BCUT2D eigenvalue weighted by Crippen LogP contribution is -2.48. The first kappa shape index (κ1) is 28.3. The third-order valence-electron chi connectivity index (χ3n) is 8.98. The molecule has 224 valence electrons. The molecule has 4 aliphatic rings. The molecule has 4 aliphatic heterocycles. The molecule has 7 rings (SSSR count). The van der Waals surface area contributed by atoms with E-state index < -0.39 is 12.1 Å². The largest absolute Gasteiger partial charge is 0.392 e. The maximum atomic E-state index is 12.8. The van der Waals surface area contributed by atoms with Crippen molar-refractivity contribution in [1.82, 2.24) is 9.80 Å². The summed E-state index contributed by atoms with van der Waals surface area (Å²) in [4.78, 5) is 29.4. The molecule has 2 amide bonds. The van der Waals surface area contributed by atoms with Gasteiger partial charge in [0.2, 0.25) is 0 Å². The Morgan fingerprint density at radius 1 is 0.767 bits per heavy atom. The Balaban J connectivity index is 1.05. The number of amides is 2. The molecular formula is C34H36N2O7. The molecule has 43 heavy (non-hydrogen) atoms. The number of nitrogens with zero attached hydrogens (tertiary/aromatic N) is 2. The maximum absolute atomic E-state index is 12.8. The monoisotopic (exact) mass is 584 g/mol. The Morgan fingerprint density at radius 3 is 2.00 bits per heavy atom. The molecule has 3 saturated heterocycles. The van der Waals surface area contributed by atoms with Gasteiger partial charge in [0, 0.05) is 44.5 Å². The van der Waals surface area contributed by atoms with Crippen LogP contribution in [0.25, 0.3) is 0 Å². The number of hydrogen-bond acceptors (Lipinski definition) is 8. The van der Waals surface area contributed by atoms with Crippen LogP contribution in [0.5, 0.6) is 0 Å². The molecule has 0 radical (unpaired) electrons. The average Bonchev–Trinajstić information content (AvgIpc) is 3.61. The van der Waals surface area contributed by atoms with Crippen molar-refractivity contribution in [2.75, 3.05) is 32.8 Å². The van der Waals surface area contributed by atoms with Crippen molar-refractivity contribution in [1.29, 1.82) is 0 Å². The molecule has 3 atom stereocenters. The van der Waals surface area contributed by atoms with E-state index in [9.17, 15) is 14.7 Å². The van der Waals surface area contributed by atoms with E-state index in [4.69, 9.17) is 18.9 Å². The van der Waals surface area contributed by atoms with Crippen LogP contribution in [-0.2, 0) is 32.1 Å². The number of piperidine rings is 1. The van der Waals surface area contributed by atoms with E-state index >= 15 is 0 Å². The van der Waals surface area contributed by atoms with E-state index in [2.05, 4.69) is 4.90 Å². The van der Waals surface area contributed by atoms with Gasteiger partial charge in [-0.1, -0.05) is 60.7 Å².